The number of aromatic amines is 1. The van der Waals surface area contributed by atoms with Gasteiger partial charge in [0.05, 0.1) is 6.04 Å². The molecular weight excluding hydrogens is 512 g/mol. The Balaban J connectivity index is 1.22. The van der Waals surface area contributed by atoms with Crippen molar-refractivity contribution in [2.24, 2.45) is 0 Å². The second-order valence-electron chi connectivity index (χ2n) is 11.6. The number of hydrogen-bond acceptors (Lipinski definition) is 3. The molecule has 3 heterocycles. The molecule has 4 aromatic rings. The fourth-order valence-electron chi connectivity index (χ4n) is 7.01. The molecule has 2 aliphatic heterocycles. The summed E-state index contributed by atoms with van der Waals surface area (Å²) in [4.78, 5) is 46.9. The molecule has 1 saturated carbocycles. The Morgan fingerprint density at radius 1 is 0.902 bits per heavy atom. The highest BCUT2D eigenvalue weighted by Gasteiger charge is 2.49. The highest BCUT2D eigenvalue weighted by Crippen LogP contribution is 2.46. The summed E-state index contributed by atoms with van der Waals surface area (Å²) in [5.74, 6) is -0.613. The summed E-state index contributed by atoms with van der Waals surface area (Å²) in [7, 11) is 0. The molecule has 0 radical (unpaired) electrons. The molecule has 3 N–H and O–H groups in total. The smallest absolute Gasteiger partial charge is 0.255 e. The number of nitrogens with one attached hydrogen (secondary N) is 3. The number of para-hydroxylation sites is 1. The van der Waals surface area contributed by atoms with Gasteiger partial charge in [-0.05, 0) is 41.7 Å². The van der Waals surface area contributed by atoms with Crippen LogP contribution in [0.15, 0.2) is 78.9 Å². The molecule has 0 saturated heterocycles. The normalized spacial score (nSPS) is 20.7. The minimum absolute atomic E-state index is 0.133. The SMILES string of the molecule is O=C(NC1CCCCC1)C(Cc1ccccc1)NC(=O)C1Cc2c([nH]c3ccccc23)C2c3ccccc3C(=O)N12. The molecule has 208 valence electrons. The van der Waals surface area contributed by atoms with Crippen LogP contribution in [-0.4, -0.2) is 45.7 Å². The van der Waals surface area contributed by atoms with E-state index in [-0.39, 0.29) is 29.8 Å². The first-order valence-electron chi connectivity index (χ1n) is 14.7. The number of aromatic nitrogens is 1. The molecule has 3 aliphatic rings. The third kappa shape index (κ3) is 4.59. The first-order valence-corrected chi connectivity index (χ1v) is 14.7. The number of rotatable bonds is 6. The van der Waals surface area contributed by atoms with Crippen molar-refractivity contribution in [2.45, 2.75) is 69.1 Å². The number of H-pyrrole nitrogens is 1. The molecule has 3 amide bonds. The first-order chi connectivity index (χ1) is 20.1. The van der Waals surface area contributed by atoms with Gasteiger partial charge in [0, 0.05) is 41.0 Å². The molecule has 1 aromatic heterocycles. The number of amides is 3. The maximum absolute atomic E-state index is 14.2. The quantitative estimate of drug-likeness (QED) is 0.324. The van der Waals surface area contributed by atoms with Crippen molar-refractivity contribution < 1.29 is 14.4 Å². The van der Waals surface area contributed by atoms with Crippen LogP contribution in [0.25, 0.3) is 10.9 Å². The maximum atomic E-state index is 14.2. The number of nitrogens with zero attached hydrogens (tertiary/aromatic N) is 1. The van der Waals surface area contributed by atoms with Gasteiger partial charge in [-0.15, -0.1) is 0 Å². The van der Waals surface area contributed by atoms with Crippen molar-refractivity contribution in [3.05, 3.63) is 107 Å². The van der Waals surface area contributed by atoms with E-state index in [1.807, 2.05) is 72.8 Å². The summed E-state index contributed by atoms with van der Waals surface area (Å²) in [6.45, 7) is 0. The Bertz CT molecular complexity index is 1620. The highest BCUT2D eigenvalue weighted by atomic mass is 16.2. The van der Waals surface area contributed by atoms with Crippen molar-refractivity contribution in [3.63, 3.8) is 0 Å². The molecule has 1 fully saturated rings. The molecule has 3 unspecified atom stereocenters. The van der Waals surface area contributed by atoms with Crippen LogP contribution < -0.4 is 10.6 Å². The predicted molar refractivity (Wildman–Crippen MR) is 157 cm³/mol. The molecular formula is C34H34N4O3. The van der Waals surface area contributed by atoms with Crippen molar-refractivity contribution in [3.8, 4) is 0 Å². The van der Waals surface area contributed by atoms with Gasteiger partial charge in [-0.2, -0.15) is 0 Å². The van der Waals surface area contributed by atoms with E-state index in [4.69, 9.17) is 0 Å². The van der Waals surface area contributed by atoms with Crippen LogP contribution in [0.2, 0.25) is 0 Å². The van der Waals surface area contributed by atoms with Crippen LogP contribution in [0.4, 0.5) is 0 Å². The zero-order valence-electron chi connectivity index (χ0n) is 22.9. The summed E-state index contributed by atoms with van der Waals surface area (Å²) in [5, 5.41) is 7.38. The van der Waals surface area contributed by atoms with Crippen molar-refractivity contribution in [1.82, 2.24) is 20.5 Å². The Labute approximate surface area is 239 Å². The summed E-state index contributed by atoms with van der Waals surface area (Å²) >= 11 is 0. The topological polar surface area (TPSA) is 94.3 Å². The zero-order chi connectivity index (χ0) is 27.9. The van der Waals surface area contributed by atoms with Gasteiger partial charge in [0.15, 0.2) is 0 Å². The van der Waals surface area contributed by atoms with E-state index in [1.165, 1.54) is 6.42 Å². The average Bonchev–Trinajstić information content (AvgIpc) is 3.53. The fourth-order valence-corrected chi connectivity index (χ4v) is 7.01. The van der Waals surface area contributed by atoms with E-state index >= 15 is 0 Å². The summed E-state index contributed by atoms with van der Waals surface area (Å²) in [6, 6.07) is 23.7. The van der Waals surface area contributed by atoms with Gasteiger partial charge in [-0.1, -0.05) is 86.0 Å². The van der Waals surface area contributed by atoms with Crippen LogP contribution in [0.5, 0.6) is 0 Å². The van der Waals surface area contributed by atoms with Crippen LogP contribution in [0.3, 0.4) is 0 Å². The average molecular weight is 547 g/mol. The number of fused-ring (bicyclic) bond motifs is 7. The second-order valence-corrected chi connectivity index (χ2v) is 11.6. The van der Waals surface area contributed by atoms with Gasteiger partial charge in [-0.25, -0.2) is 0 Å². The van der Waals surface area contributed by atoms with E-state index in [1.54, 1.807) is 4.90 Å². The lowest BCUT2D eigenvalue weighted by atomic mass is 9.89. The van der Waals surface area contributed by atoms with Crippen molar-refractivity contribution >= 4 is 28.6 Å². The molecule has 0 spiro atoms. The number of benzene rings is 3. The molecule has 7 nitrogen and oxygen atoms in total. The van der Waals surface area contributed by atoms with Crippen LogP contribution >= 0.6 is 0 Å². The van der Waals surface area contributed by atoms with Gasteiger partial charge in [0.25, 0.3) is 5.91 Å². The van der Waals surface area contributed by atoms with Crippen molar-refractivity contribution in [2.75, 3.05) is 0 Å². The van der Waals surface area contributed by atoms with Gasteiger partial charge >= 0.3 is 0 Å². The standard InChI is InChI=1S/C34H34N4O3/c39-32(35-22-13-5-2-6-14-22)28(19-21-11-3-1-4-12-21)37-33(40)29-20-26-23-15-9-10-18-27(23)36-30(26)31-24-16-7-8-17-25(24)34(41)38(29)31/h1,3-4,7-12,15-18,22,28-29,31,36H,2,5-6,13-14,19-20H2,(H,35,39)(H,37,40). The molecule has 7 rings (SSSR count). The molecule has 41 heavy (non-hydrogen) atoms. The Morgan fingerprint density at radius 2 is 1.63 bits per heavy atom. The number of carbonyl (C=O) groups is 3. The minimum Gasteiger partial charge on any atom is -0.356 e. The molecule has 3 atom stereocenters. The first kappa shape index (κ1) is 25.6. The van der Waals surface area contributed by atoms with Crippen molar-refractivity contribution in [1.29, 1.82) is 0 Å². The van der Waals surface area contributed by atoms with E-state index in [2.05, 4.69) is 21.7 Å². The summed E-state index contributed by atoms with van der Waals surface area (Å²) in [5.41, 5.74) is 5.50. The molecule has 0 bridgehead atoms. The van der Waals surface area contributed by atoms with Crippen LogP contribution in [-0.2, 0) is 22.4 Å². The third-order valence-electron chi connectivity index (χ3n) is 9.02. The molecule has 1 aliphatic carbocycles. The second kappa shape index (κ2) is 10.5. The van der Waals surface area contributed by atoms with E-state index in [9.17, 15) is 14.4 Å². The number of carbonyl (C=O) groups excluding carboxylic acids is 3. The van der Waals surface area contributed by atoms with Gasteiger partial charge in [0.2, 0.25) is 11.8 Å². The van der Waals surface area contributed by atoms with E-state index in [0.29, 0.717) is 18.4 Å². The number of hydrogen-bond donors (Lipinski definition) is 3. The van der Waals surface area contributed by atoms with Gasteiger partial charge in [0.1, 0.15) is 12.1 Å². The van der Waals surface area contributed by atoms with Crippen LogP contribution in [0, 0.1) is 0 Å². The molecule has 7 heteroatoms. The van der Waals surface area contributed by atoms with E-state index in [0.717, 1.165) is 59.0 Å². The lowest BCUT2D eigenvalue weighted by molar-refractivity contribution is -0.132. The largest absolute Gasteiger partial charge is 0.356 e. The third-order valence-corrected chi connectivity index (χ3v) is 9.02. The zero-order valence-corrected chi connectivity index (χ0v) is 22.9. The van der Waals surface area contributed by atoms with Crippen LogP contribution in [0.1, 0.15) is 70.9 Å². The maximum Gasteiger partial charge on any atom is 0.255 e. The Hall–Kier alpha value is -4.39. The van der Waals surface area contributed by atoms with E-state index < -0.39 is 12.1 Å². The highest BCUT2D eigenvalue weighted by molar-refractivity contribution is 6.04. The Morgan fingerprint density at radius 3 is 2.46 bits per heavy atom. The summed E-state index contributed by atoms with van der Waals surface area (Å²) < 4.78 is 0. The van der Waals surface area contributed by atoms with Gasteiger partial charge in [-0.3, -0.25) is 14.4 Å². The minimum atomic E-state index is -0.743. The Kier molecular flexibility index (Phi) is 6.57. The molecule has 3 aromatic carbocycles. The lowest BCUT2D eigenvalue weighted by Crippen LogP contribution is -2.57. The predicted octanol–water partition coefficient (Wildman–Crippen LogP) is 4.81. The summed E-state index contributed by atoms with van der Waals surface area (Å²) in [6.07, 6.45) is 6.10. The fraction of sp³-hybridized carbons (Fsp3) is 0.324. The lowest BCUT2D eigenvalue weighted by Gasteiger charge is -2.38. The van der Waals surface area contributed by atoms with Gasteiger partial charge < -0.3 is 20.5 Å². The monoisotopic (exact) mass is 546 g/mol.